The van der Waals surface area contributed by atoms with Crippen LogP contribution in [0.4, 0.5) is 5.82 Å². The van der Waals surface area contributed by atoms with Crippen molar-refractivity contribution in [2.45, 2.75) is 31.9 Å². The van der Waals surface area contributed by atoms with Crippen molar-refractivity contribution in [1.82, 2.24) is 15.3 Å². The molecule has 1 fully saturated rings. The van der Waals surface area contributed by atoms with E-state index in [0.29, 0.717) is 5.92 Å². The van der Waals surface area contributed by atoms with Crippen LogP contribution in [0.3, 0.4) is 0 Å². The van der Waals surface area contributed by atoms with Crippen LogP contribution in [0.2, 0.25) is 0 Å². The van der Waals surface area contributed by atoms with E-state index in [1.165, 1.54) is 0 Å². The molecule has 1 aromatic rings. The van der Waals surface area contributed by atoms with Gasteiger partial charge in [-0.2, -0.15) is 0 Å². The summed E-state index contributed by atoms with van der Waals surface area (Å²) >= 11 is 0. The third-order valence-corrected chi connectivity index (χ3v) is 3.07. The molecule has 0 aliphatic carbocycles. The van der Waals surface area contributed by atoms with Crippen molar-refractivity contribution in [3.63, 3.8) is 0 Å². The number of rotatable bonds is 4. The van der Waals surface area contributed by atoms with Gasteiger partial charge in [0.05, 0.1) is 12.1 Å². The average molecular weight is 236 g/mol. The van der Waals surface area contributed by atoms with E-state index in [9.17, 15) is 0 Å². The molecular formula is C12H20N4O. The standard InChI is InChI=1S/C12H20N4O/c1-8(2)9-4-12(15-7-14-9)16-10-5-13-6-11(10)17-3/h4,7-8,10-11,13H,5-6H2,1-3H3,(H,14,15,16)/t10?,11-/m0/s1. The number of hydrogen-bond acceptors (Lipinski definition) is 5. The zero-order valence-corrected chi connectivity index (χ0v) is 10.6. The lowest BCUT2D eigenvalue weighted by atomic mass is 10.1. The largest absolute Gasteiger partial charge is 0.378 e. The number of hydrogen-bond donors (Lipinski definition) is 2. The third-order valence-electron chi connectivity index (χ3n) is 3.07. The molecule has 1 aliphatic heterocycles. The highest BCUT2D eigenvalue weighted by Gasteiger charge is 2.26. The van der Waals surface area contributed by atoms with Crippen molar-refractivity contribution in [3.05, 3.63) is 18.1 Å². The van der Waals surface area contributed by atoms with Gasteiger partial charge < -0.3 is 15.4 Å². The van der Waals surface area contributed by atoms with Gasteiger partial charge in [-0.05, 0) is 5.92 Å². The van der Waals surface area contributed by atoms with Crippen LogP contribution in [0.1, 0.15) is 25.5 Å². The van der Waals surface area contributed by atoms with Gasteiger partial charge in [0, 0.05) is 32.0 Å². The van der Waals surface area contributed by atoms with Gasteiger partial charge in [-0.1, -0.05) is 13.8 Å². The Hall–Kier alpha value is -1.20. The highest BCUT2D eigenvalue weighted by Crippen LogP contribution is 2.16. The molecule has 1 aromatic heterocycles. The Labute approximate surface area is 102 Å². The molecule has 17 heavy (non-hydrogen) atoms. The zero-order chi connectivity index (χ0) is 12.3. The predicted molar refractivity (Wildman–Crippen MR) is 67.2 cm³/mol. The van der Waals surface area contributed by atoms with E-state index in [2.05, 4.69) is 34.4 Å². The normalized spacial score (nSPS) is 24.2. The van der Waals surface area contributed by atoms with Crippen molar-refractivity contribution >= 4 is 5.82 Å². The lowest BCUT2D eigenvalue weighted by Crippen LogP contribution is -2.33. The Bertz CT molecular complexity index is 369. The highest BCUT2D eigenvalue weighted by atomic mass is 16.5. The SMILES string of the molecule is CO[C@H]1CNCC1Nc1cc(C(C)C)ncn1. The summed E-state index contributed by atoms with van der Waals surface area (Å²) in [6.45, 7) is 6.04. The van der Waals surface area contributed by atoms with Crippen molar-refractivity contribution in [3.8, 4) is 0 Å². The van der Waals surface area contributed by atoms with Crippen molar-refractivity contribution in [2.24, 2.45) is 0 Å². The Morgan fingerprint density at radius 3 is 2.94 bits per heavy atom. The number of ether oxygens (including phenoxy) is 1. The van der Waals surface area contributed by atoms with E-state index in [4.69, 9.17) is 4.74 Å². The Morgan fingerprint density at radius 1 is 1.41 bits per heavy atom. The molecule has 0 spiro atoms. The fourth-order valence-electron chi connectivity index (χ4n) is 2.00. The quantitative estimate of drug-likeness (QED) is 0.816. The molecule has 1 saturated heterocycles. The van der Waals surface area contributed by atoms with Crippen LogP contribution in [0, 0.1) is 0 Å². The minimum atomic E-state index is 0.201. The lowest BCUT2D eigenvalue weighted by Gasteiger charge is -2.19. The van der Waals surface area contributed by atoms with Gasteiger partial charge in [-0.3, -0.25) is 0 Å². The van der Waals surface area contributed by atoms with Crippen LogP contribution in [-0.2, 0) is 4.74 Å². The second kappa shape index (κ2) is 5.42. The molecule has 2 atom stereocenters. The fraction of sp³-hybridized carbons (Fsp3) is 0.667. The number of methoxy groups -OCH3 is 1. The number of nitrogens with zero attached hydrogens (tertiary/aromatic N) is 2. The minimum Gasteiger partial charge on any atom is -0.378 e. The summed E-state index contributed by atoms with van der Waals surface area (Å²) < 4.78 is 5.41. The van der Waals surface area contributed by atoms with Crippen LogP contribution in [0.25, 0.3) is 0 Å². The maximum atomic E-state index is 5.41. The van der Waals surface area contributed by atoms with E-state index >= 15 is 0 Å². The molecule has 0 aromatic carbocycles. The van der Waals surface area contributed by atoms with E-state index in [0.717, 1.165) is 24.6 Å². The molecule has 1 unspecified atom stereocenters. The Kier molecular flexibility index (Phi) is 3.91. The second-order valence-corrected chi connectivity index (χ2v) is 4.67. The fourth-order valence-corrected chi connectivity index (χ4v) is 2.00. The van der Waals surface area contributed by atoms with Crippen LogP contribution < -0.4 is 10.6 Å². The van der Waals surface area contributed by atoms with Crippen molar-refractivity contribution in [1.29, 1.82) is 0 Å². The summed E-state index contributed by atoms with van der Waals surface area (Å²) in [7, 11) is 1.74. The zero-order valence-electron chi connectivity index (χ0n) is 10.6. The first-order valence-electron chi connectivity index (χ1n) is 6.02. The summed E-state index contributed by atoms with van der Waals surface area (Å²) in [6, 6.07) is 2.28. The molecule has 2 heterocycles. The molecule has 0 bridgehead atoms. The van der Waals surface area contributed by atoms with Gasteiger partial charge in [0.2, 0.25) is 0 Å². The first kappa shape index (κ1) is 12.3. The van der Waals surface area contributed by atoms with Gasteiger partial charge in [-0.15, -0.1) is 0 Å². The molecular weight excluding hydrogens is 216 g/mol. The topological polar surface area (TPSA) is 59.1 Å². The van der Waals surface area contributed by atoms with Gasteiger partial charge in [0.1, 0.15) is 12.1 Å². The summed E-state index contributed by atoms with van der Waals surface area (Å²) in [6.07, 6.45) is 1.81. The molecule has 0 saturated carbocycles. The summed E-state index contributed by atoms with van der Waals surface area (Å²) in [5.74, 6) is 1.29. The van der Waals surface area contributed by atoms with E-state index in [1.807, 2.05) is 6.07 Å². The third kappa shape index (κ3) is 2.92. The van der Waals surface area contributed by atoms with Crippen molar-refractivity contribution in [2.75, 3.05) is 25.5 Å². The van der Waals surface area contributed by atoms with E-state index < -0.39 is 0 Å². The van der Waals surface area contributed by atoms with Crippen molar-refractivity contribution < 1.29 is 4.74 Å². The van der Waals surface area contributed by atoms with Crippen LogP contribution >= 0.6 is 0 Å². The molecule has 94 valence electrons. The molecule has 2 rings (SSSR count). The average Bonchev–Trinajstić information content (AvgIpc) is 2.76. The molecule has 2 N–H and O–H groups in total. The van der Waals surface area contributed by atoms with Gasteiger partial charge >= 0.3 is 0 Å². The van der Waals surface area contributed by atoms with Crippen LogP contribution in [0.5, 0.6) is 0 Å². The summed E-state index contributed by atoms with van der Waals surface area (Å²) in [4.78, 5) is 8.50. The van der Waals surface area contributed by atoms with Crippen LogP contribution in [0.15, 0.2) is 12.4 Å². The minimum absolute atomic E-state index is 0.201. The Balaban J connectivity index is 2.05. The first-order valence-corrected chi connectivity index (χ1v) is 6.02. The van der Waals surface area contributed by atoms with E-state index in [-0.39, 0.29) is 12.1 Å². The van der Waals surface area contributed by atoms with Gasteiger partial charge in [0.15, 0.2) is 0 Å². The number of nitrogens with one attached hydrogen (secondary N) is 2. The molecule has 5 nitrogen and oxygen atoms in total. The maximum absolute atomic E-state index is 5.41. The smallest absolute Gasteiger partial charge is 0.129 e. The highest BCUT2D eigenvalue weighted by molar-refractivity contribution is 5.37. The Morgan fingerprint density at radius 2 is 2.24 bits per heavy atom. The lowest BCUT2D eigenvalue weighted by molar-refractivity contribution is 0.111. The number of anilines is 1. The first-order chi connectivity index (χ1) is 8.20. The van der Waals surface area contributed by atoms with Gasteiger partial charge in [-0.25, -0.2) is 9.97 Å². The monoisotopic (exact) mass is 236 g/mol. The van der Waals surface area contributed by atoms with E-state index in [1.54, 1.807) is 13.4 Å². The molecule has 0 radical (unpaired) electrons. The molecule has 5 heteroatoms. The van der Waals surface area contributed by atoms with Gasteiger partial charge in [0.25, 0.3) is 0 Å². The predicted octanol–water partition coefficient (Wildman–Crippen LogP) is 0.999. The number of aromatic nitrogens is 2. The van der Waals surface area contributed by atoms with Crippen LogP contribution in [-0.4, -0.2) is 42.3 Å². The molecule has 0 amide bonds. The summed E-state index contributed by atoms with van der Waals surface area (Å²) in [5.41, 5.74) is 1.06. The molecule has 1 aliphatic rings. The second-order valence-electron chi connectivity index (χ2n) is 4.67. The summed E-state index contributed by atoms with van der Waals surface area (Å²) in [5, 5.41) is 6.70. The maximum Gasteiger partial charge on any atom is 0.129 e.